The lowest BCUT2D eigenvalue weighted by atomic mass is 9.72. The number of ether oxygens (including phenoxy) is 1. The Labute approximate surface area is 224 Å². The lowest BCUT2D eigenvalue weighted by Gasteiger charge is -2.32. The van der Waals surface area contributed by atoms with E-state index in [9.17, 15) is 4.79 Å². The van der Waals surface area contributed by atoms with Crippen molar-refractivity contribution in [3.63, 3.8) is 0 Å². The van der Waals surface area contributed by atoms with Gasteiger partial charge >= 0.3 is 5.97 Å². The molecule has 0 fully saturated rings. The number of hydrogen-bond acceptors (Lipinski definition) is 2. The summed E-state index contributed by atoms with van der Waals surface area (Å²) in [4.78, 5) is 12.0. The van der Waals surface area contributed by atoms with Gasteiger partial charge in [0, 0.05) is 6.42 Å². The van der Waals surface area contributed by atoms with Crippen molar-refractivity contribution in [2.45, 2.75) is 138 Å². The molecule has 0 amide bonds. The summed E-state index contributed by atoms with van der Waals surface area (Å²) in [5.74, 6) is -0.0740. The maximum atomic E-state index is 12.0. The standard InChI is InChI=1S/C34H56O2/c1-7-8-9-10-11-12-13-14-15-16-17-23-33(35)36-28-26-30(3)21-18-20-29(2)24-25-32-31(4)22-19-27-34(32,5)6/h18,20-21,24-26H,7-17,19,22-23,27-28H2,1-6H3/b21-18+,25-24+,29-20+,30-26+. The fraction of sp³-hybridized carbons (Fsp3) is 0.676. The van der Waals surface area contributed by atoms with E-state index in [1.807, 2.05) is 13.0 Å². The average Bonchev–Trinajstić information content (AvgIpc) is 2.82. The molecule has 0 unspecified atom stereocenters. The predicted molar refractivity (Wildman–Crippen MR) is 158 cm³/mol. The third kappa shape index (κ3) is 15.3. The molecule has 0 N–H and O–H groups in total. The van der Waals surface area contributed by atoms with Crippen LogP contribution in [0.5, 0.6) is 0 Å². The van der Waals surface area contributed by atoms with Crippen LogP contribution in [0.15, 0.2) is 58.7 Å². The molecule has 0 heterocycles. The maximum absolute atomic E-state index is 12.0. The van der Waals surface area contributed by atoms with Crippen molar-refractivity contribution >= 4 is 5.97 Å². The molecule has 0 atom stereocenters. The van der Waals surface area contributed by atoms with Crippen LogP contribution in [0, 0.1) is 5.41 Å². The van der Waals surface area contributed by atoms with Crippen LogP contribution in [-0.4, -0.2) is 12.6 Å². The first-order valence-electron chi connectivity index (χ1n) is 14.8. The molecule has 0 saturated heterocycles. The molecule has 0 aromatic rings. The van der Waals surface area contributed by atoms with E-state index in [0.29, 0.717) is 13.0 Å². The van der Waals surface area contributed by atoms with Gasteiger partial charge in [-0.3, -0.25) is 4.79 Å². The molecule has 1 rings (SSSR count). The van der Waals surface area contributed by atoms with Gasteiger partial charge in [0.1, 0.15) is 6.61 Å². The van der Waals surface area contributed by atoms with Crippen molar-refractivity contribution in [2.75, 3.05) is 6.61 Å². The quantitative estimate of drug-likeness (QED) is 0.107. The van der Waals surface area contributed by atoms with Crippen molar-refractivity contribution in [2.24, 2.45) is 5.41 Å². The van der Waals surface area contributed by atoms with E-state index in [1.54, 1.807) is 0 Å². The zero-order chi connectivity index (χ0) is 26.7. The lowest BCUT2D eigenvalue weighted by molar-refractivity contribution is -0.142. The monoisotopic (exact) mass is 496 g/mol. The Morgan fingerprint density at radius 3 is 2.11 bits per heavy atom. The highest BCUT2D eigenvalue weighted by atomic mass is 16.5. The fourth-order valence-corrected chi connectivity index (χ4v) is 4.97. The van der Waals surface area contributed by atoms with Crippen LogP contribution in [0.2, 0.25) is 0 Å². The molecular formula is C34H56O2. The van der Waals surface area contributed by atoms with E-state index in [0.717, 1.165) is 18.4 Å². The van der Waals surface area contributed by atoms with Gasteiger partial charge in [-0.15, -0.1) is 0 Å². The van der Waals surface area contributed by atoms with Gasteiger partial charge in [0.05, 0.1) is 0 Å². The van der Waals surface area contributed by atoms with E-state index >= 15 is 0 Å². The Bertz CT molecular complexity index is 773. The SMILES string of the molecule is CCCCCCCCCCCCCC(=O)OC/C=C(C)/C=C/C=C(C)/C=C/C1=C(C)CCCC1(C)C. The molecule has 0 aliphatic heterocycles. The zero-order valence-corrected chi connectivity index (χ0v) is 24.6. The Balaban J connectivity index is 2.19. The van der Waals surface area contributed by atoms with E-state index < -0.39 is 0 Å². The van der Waals surface area contributed by atoms with Gasteiger partial charge in [0.25, 0.3) is 0 Å². The first-order chi connectivity index (χ1) is 17.3. The minimum atomic E-state index is -0.0740. The number of carbonyl (C=O) groups is 1. The number of hydrogen-bond donors (Lipinski definition) is 0. The predicted octanol–water partition coefficient (Wildman–Crippen LogP) is 10.8. The van der Waals surface area contributed by atoms with E-state index in [1.165, 1.54) is 93.8 Å². The second kappa shape index (κ2) is 19.3. The smallest absolute Gasteiger partial charge is 0.306 e. The third-order valence-corrected chi connectivity index (χ3v) is 7.41. The van der Waals surface area contributed by atoms with E-state index in [4.69, 9.17) is 4.74 Å². The minimum absolute atomic E-state index is 0.0740. The molecule has 0 bridgehead atoms. The molecule has 0 aromatic heterocycles. The van der Waals surface area contributed by atoms with Crippen molar-refractivity contribution in [3.05, 3.63) is 58.7 Å². The Hall–Kier alpha value is -1.83. The summed E-state index contributed by atoms with van der Waals surface area (Å²) in [6.07, 6.45) is 31.4. The van der Waals surface area contributed by atoms with Crippen LogP contribution in [-0.2, 0) is 9.53 Å². The molecule has 2 nitrogen and oxygen atoms in total. The fourth-order valence-electron chi connectivity index (χ4n) is 4.97. The Kier molecular flexibility index (Phi) is 17.3. The first-order valence-corrected chi connectivity index (χ1v) is 14.8. The minimum Gasteiger partial charge on any atom is -0.461 e. The van der Waals surface area contributed by atoms with Gasteiger partial charge in [0.2, 0.25) is 0 Å². The molecule has 0 saturated carbocycles. The largest absolute Gasteiger partial charge is 0.461 e. The second-order valence-corrected chi connectivity index (χ2v) is 11.5. The summed E-state index contributed by atoms with van der Waals surface area (Å²) in [5, 5.41) is 0. The summed E-state index contributed by atoms with van der Waals surface area (Å²) in [5.41, 5.74) is 5.65. The highest BCUT2D eigenvalue weighted by Gasteiger charge is 2.26. The van der Waals surface area contributed by atoms with Gasteiger partial charge in [-0.05, 0) is 63.5 Å². The van der Waals surface area contributed by atoms with Crippen molar-refractivity contribution in [1.82, 2.24) is 0 Å². The Morgan fingerprint density at radius 2 is 1.50 bits per heavy atom. The number of rotatable bonds is 18. The highest BCUT2D eigenvalue weighted by Crippen LogP contribution is 2.40. The Morgan fingerprint density at radius 1 is 0.889 bits per heavy atom. The number of esters is 1. The lowest BCUT2D eigenvalue weighted by Crippen LogP contribution is -2.19. The highest BCUT2D eigenvalue weighted by molar-refractivity contribution is 5.69. The van der Waals surface area contributed by atoms with Gasteiger partial charge in [0.15, 0.2) is 0 Å². The summed E-state index contributed by atoms with van der Waals surface area (Å²) < 4.78 is 5.39. The normalized spacial score (nSPS) is 16.9. The zero-order valence-electron chi connectivity index (χ0n) is 24.6. The molecule has 1 aliphatic carbocycles. The molecule has 0 radical (unpaired) electrons. The number of unbranched alkanes of at least 4 members (excludes halogenated alkanes) is 10. The molecule has 204 valence electrons. The van der Waals surface area contributed by atoms with Crippen LogP contribution < -0.4 is 0 Å². The van der Waals surface area contributed by atoms with E-state index in [-0.39, 0.29) is 11.4 Å². The van der Waals surface area contributed by atoms with Crippen molar-refractivity contribution < 1.29 is 9.53 Å². The molecular weight excluding hydrogens is 440 g/mol. The summed E-state index contributed by atoms with van der Waals surface area (Å²) >= 11 is 0. The van der Waals surface area contributed by atoms with Crippen LogP contribution in [0.4, 0.5) is 0 Å². The average molecular weight is 497 g/mol. The van der Waals surface area contributed by atoms with Gasteiger partial charge in [-0.1, -0.05) is 132 Å². The van der Waals surface area contributed by atoms with E-state index in [2.05, 4.69) is 65.0 Å². The molecule has 1 aliphatic rings. The maximum Gasteiger partial charge on any atom is 0.306 e. The first kappa shape index (κ1) is 32.2. The van der Waals surface area contributed by atoms with Crippen LogP contribution in [0.3, 0.4) is 0 Å². The van der Waals surface area contributed by atoms with Crippen LogP contribution in [0.1, 0.15) is 138 Å². The summed E-state index contributed by atoms with van der Waals surface area (Å²) in [7, 11) is 0. The van der Waals surface area contributed by atoms with Crippen LogP contribution >= 0.6 is 0 Å². The van der Waals surface area contributed by atoms with Crippen molar-refractivity contribution in [1.29, 1.82) is 0 Å². The van der Waals surface area contributed by atoms with Gasteiger partial charge in [-0.2, -0.15) is 0 Å². The molecule has 36 heavy (non-hydrogen) atoms. The summed E-state index contributed by atoms with van der Waals surface area (Å²) in [6.45, 7) is 13.8. The number of allylic oxidation sites excluding steroid dienone is 9. The molecule has 2 heteroatoms. The summed E-state index contributed by atoms with van der Waals surface area (Å²) in [6, 6.07) is 0. The topological polar surface area (TPSA) is 26.3 Å². The third-order valence-electron chi connectivity index (χ3n) is 7.41. The number of carbonyl (C=O) groups excluding carboxylic acids is 1. The molecule has 0 aromatic carbocycles. The van der Waals surface area contributed by atoms with Crippen LogP contribution in [0.25, 0.3) is 0 Å². The molecule has 0 spiro atoms. The van der Waals surface area contributed by atoms with Gasteiger partial charge < -0.3 is 4.74 Å². The van der Waals surface area contributed by atoms with Gasteiger partial charge in [-0.25, -0.2) is 0 Å². The second-order valence-electron chi connectivity index (χ2n) is 11.5. The van der Waals surface area contributed by atoms with Crippen molar-refractivity contribution in [3.8, 4) is 0 Å².